The van der Waals surface area contributed by atoms with Crippen LogP contribution in [0.1, 0.15) is 13.3 Å². The fourth-order valence-electron chi connectivity index (χ4n) is 1.18. The lowest BCUT2D eigenvalue weighted by molar-refractivity contribution is -0.142. The number of nitrogens with two attached hydrogens (primary N) is 1. The van der Waals surface area contributed by atoms with E-state index in [0.29, 0.717) is 12.2 Å². The maximum atomic E-state index is 10.8. The summed E-state index contributed by atoms with van der Waals surface area (Å²) in [5.74, 6) is 0.486. The first-order chi connectivity index (χ1) is 7.95. The zero-order chi connectivity index (χ0) is 12.9. The Hall–Kier alpha value is -1.20. The van der Waals surface area contributed by atoms with Crippen molar-refractivity contribution >= 4 is 17.7 Å². The molecule has 1 aromatic rings. The molecule has 0 aliphatic carbocycles. The third-order valence-electron chi connectivity index (χ3n) is 2.42. The van der Waals surface area contributed by atoms with Crippen molar-refractivity contribution in [2.24, 2.45) is 5.73 Å². The lowest BCUT2D eigenvalue weighted by Gasteiger charge is -2.18. The van der Waals surface area contributed by atoms with Crippen LogP contribution in [0.3, 0.4) is 0 Å². The summed E-state index contributed by atoms with van der Waals surface area (Å²) >= 11 is 1.57. The maximum absolute atomic E-state index is 10.8. The van der Waals surface area contributed by atoms with Crippen molar-refractivity contribution in [3.05, 3.63) is 24.3 Å². The molecule has 0 spiro atoms. The molecule has 0 aromatic heterocycles. The average Bonchev–Trinajstić information content (AvgIpc) is 2.29. The van der Waals surface area contributed by atoms with Crippen LogP contribution < -0.4 is 10.5 Å². The first-order valence-electron chi connectivity index (χ1n) is 5.25. The van der Waals surface area contributed by atoms with Gasteiger partial charge in [-0.15, -0.1) is 11.8 Å². The van der Waals surface area contributed by atoms with Gasteiger partial charge < -0.3 is 15.6 Å². The third-order valence-corrected chi connectivity index (χ3v) is 3.42. The van der Waals surface area contributed by atoms with E-state index in [1.54, 1.807) is 18.9 Å². The van der Waals surface area contributed by atoms with Crippen molar-refractivity contribution in [1.82, 2.24) is 0 Å². The number of carboxylic acids is 1. The molecule has 1 unspecified atom stereocenters. The van der Waals surface area contributed by atoms with E-state index >= 15 is 0 Å². The predicted molar refractivity (Wildman–Crippen MR) is 68.6 cm³/mol. The van der Waals surface area contributed by atoms with Crippen molar-refractivity contribution in [2.45, 2.75) is 23.8 Å². The van der Waals surface area contributed by atoms with Gasteiger partial charge in [0.1, 0.15) is 11.3 Å². The highest BCUT2D eigenvalue weighted by Crippen LogP contribution is 2.24. The van der Waals surface area contributed by atoms with Crippen LogP contribution in [-0.4, -0.2) is 29.5 Å². The number of ether oxygens (including phenoxy) is 1. The molecule has 0 fully saturated rings. The fourth-order valence-corrected chi connectivity index (χ4v) is 2.31. The van der Waals surface area contributed by atoms with E-state index in [2.05, 4.69) is 0 Å². The molecule has 0 aliphatic rings. The quantitative estimate of drug-likeness (QED) is 0.760. The first-order valence-corrected chi connectivity index (χ1v) is 6.23. The van der Waals surface area contributed by atoms with Gasteiger partial charge in [-0.3, -0.25) is 4.79 Å². The van der Waals surface area contributed by atoms with Crippen LogP contribution in [0.5, 0.6) is 5.75 Å². The summed E-state index contributed by atoms with van der Waals surface area (Å²) in [4.78, 5) is 11.9. The molecule has 3 N–H and O–H groups in total. The molecule has 0 saturated heterocycles. The molecule has 0 heterocycles. The number of carbonyl (C=O) groups is 1. The number of rotatable bonds is 6. The lowest BCUT2D eigenvalue weighted by Crippen LogP contribution is -2.45. The Morgan fingerprint density at radius 1 is 1.59 bits per heavy atom. The van der Waals surface area contributed by atoms with Gasteiger partial charge in [0.15, 0.2) is 0 Å². The third kappa shape index (κ3) is 4.28. The molecular formula is C12H17NO3S. The molecule has 1 rings (SSSR count). The van der Waals surface area contributed by atoms with Gasteiger partial charge in [0.25, 0.3) is 0 Å². The van der Waals surface area contributed by atoms with Crippen LogP contribution in [0.2, 0.25) is 0 Å². The van der Waals surface area contributed by atoms with Gasteiger partial charge in [-0.2, -0.15) is 0 Å². The van der Waals surface area contributed by atoms with Crippen LogP contribution in [0, 0.1) is 0 Å². The molecule has 0 amide bonds. The second kappa shape index (κ2) is 5.93. The monoisotopic (exact) mass is 255 g/mol. The molecule has 94 valence electrons. The van der Waals surface area contributed by atoms with E-state index in [-0.39, 0.29) is 0 Å². The summed E-state index contributed by atoms with van der Waals surface area (Å²) in [5.41, 5.74) is 4.48. The number of carboxylic acid groups (broad SMARTS) is 1. The molecule has 0 aliphatic heterocycles. The second-order valence-electron chi connectivity index (χ2n) is 4.00. The van der Waals surface area contributed by atoms with Gasteiger partial charge >= 0.3 is 5.97 Å². The van der Waals surface area contributed by atoms with E-state index < -0.39 is 11.5 Å². The Bertz CT molecular complexity index is 393. The van der Waals surface area contributed by atoms with Crippen LogP contribution in [0.15, 0.2) is 29.2 Å². The van der Waals surface area contributed by atoms with Gasteiger partial charge in [-0.1, -0.05) is 6.07 Å². The van der Waals surface area contributed by atoms with Gasteiger partial charge in [-0.05, 0) is 31.5 Å². The van der Waals surface area contributed by atoms with Crippen LogP contribution in [-0.2, 0) is 4.79 Å². The zero-order valence-corrected chi connectivity index (χ0v) is 10.8. The predicted octanol–water partition coefficient (Wildman–Crippen LogP) is 1.98. The molecule has 5 heteroatoms. The van der Waals surface area contributed by atoms with Gasteiger partial charge in [-0.25, -0.2) is 0 Å². The van der Waals surface area contributed by atoms with Crippen LogP contribution in [0.25, 0.3) is 0 Å². The zero-order valence-electron chi connectivity index (χ0n) is 9.97. The molecule has 0 bridgehead atoms. The molecule has 17 heavy (non-hydrogen) atoms. The molecule has 1 aromatic carbocycles. The van der Waals surface area contributed by atoms with Gasteiger partial charge in [0.2, 0.25) is 0 Å². The average molecular weight is 255 g/mol. The van der Waals surface area contributed by atoms with E-state index in [4.69, 9.17) is 15.6 Å². The van der Waals surface area contributed by atoms with Crippen LogP contribution >= 0.6 is 11.8 Å². The molecule has 4 nitrogen and oxygen atoms in total. The standard InChI is InChI=1S/C12H17NO3S/c1-12(13,11(14)15)6-7-17-10-5-3-4-9(8-10)16-2/h3-5,8H,6-7,13H2,1-2H3,(H,14,15). The topological polar surface area (TPSA) is 72.5 Å². The largest absolute Gasteiger partial charge is 0.497 e. The summed E-state index contributed by atoms with van der Waals surface area (Å²) in [6, 6.07) is 7.65. The van der Waals surface area contributed by atoms with E-state index in [9.17, 15) is 4.79 Å². The molecule has 0 radical (unpaired) electrons. The number of thioether (sulfide) groups is 1. The smallest absolute Gasteiger partial charge is 0.323 e. The van der Waals surface area contributed by atoms with Gasteiger partial charge in [0, 0.05) is 10.6 Å². The minimum atomic E-state index is -1.16. The Morgan fingerprint density at radius 2 is 2.29 bits per heavy atom. The van der Waals surface area contributed by atoms with Crippen molar-refractivity contribution in [3.8, 4) is 5.75 Å². The summed E-state index contributed by atoms with van der Waals surface area (Å²) in [7, 11) is 1.62. The molecule has 0 saturated carbocycles. The first kappa shape index (κ1) is 13.9. The highest BCUT2D eigenvalue weighted by molar-refractivity contribution is 7.99. The maximum Gasteiger partial charge on any atom is 0.323 e. The molecule has 1 atom stereocenters. The SMILES string of the molecule is COc1cccc(SCCC(C)(N)C(=O)O)c1. The van der Waals surface area contributed by atoms with E-state index in [1.807, 2.05) is 24.3 Å². The fraction of sp³-hybridized carbons (Fsp3) is 0.417. The summed E-state index contributed by atoms with van der Waals surface area (Å²) in [6.07, 6.45) is 0.421. The minimum Gasteiger partial charge on any atom is -0.497 e. The Morgan fingerprint density at radius 3 is 2.88 bits per heavy atom. The van der Waals surface area contributed by atoms with E-state index in [0.717, 1.165) is 10.6 Å². The van der Waals surface area contributed by atoms with Crippen molar-refractivity contribution in [3.63, 3.8) is 0 Å². The van der Waals surface area contributed by atoms with E-state index in [1.165, 1.54) is 6.92 Å². The number of aliphatic carboxylic acids is 1. The Labute approximate surface area is 105 Å². The highest BCUT2D eigenvalue weighted by atomic mass is 32.2. The Balaban J connectivity index is 2.48. The molecular weight excluding hydrogens is 238 g/mol. The van der Waals surface area contributed by atoms with Crippen molar-refractivity contribution in [1.29, 1.82) is 0 Å². The van der Waals surface area contributed by atoms with Crippen LogP contribution in [0.4, 0.5) is 0 Å². The number of hydrogen-bond acceptors (Lipinski definition) is 4. The summed E-state index contributed by atoms with van der Waals surface area (Å²) in [6.45, 7) is 1.53. The lowest BCUT2D eigenvalue weighted by atomic mass is 10.0. The number of benzene rings is 1. The van der Waals surface area contributed by atoms with Crippen molar-refractivity contribution in [2.75, 3.05) is 12.9 Å². The number of hydrogen-bond donors (Lipinski definition) is 2. The summed E-state index contributed by atoms with van der Waals surface area (Å²) in [5, 5.41) is 8.87. The minimum absolute atomic E-state index is 0.421. The van der Waals surface area contributed by atoms with Gasteiger partial charge in [0.05, 0.1) is 7.11 Å². The van der Waals surface area contributed by atoms with Crippen molar-refractivity contribution < 1.29 is 14.6 Å². The number of methoxy groups -OCH3 is 1. The highest BCUT2D eigenvalue weighted by Gasteiger charge is 2.27. The summed E-state index contributed by atoms with van der Waals surface area (Å²) < 4.78 is 5.11. The second-order valence-corrected chi connectivity index (χ2v) is 5.17. The Kier molecular flexibility index (Phi) is 4.84. The normalized spacial score (nSPS) is 14.1.